The van der Waals surface area contributed by atoms with E-state index in [1.165, 1.54) is 30.3 Å². The standard InChI is InChI=1S/C17H14O5/c18-12-4-1-10(2-5-12)14-9-17(21)22-16-8-13(19)6-3-11(16)7-15(14)20/h1-6,8-9,15,18-20H,7H2/t15-/m0/s1. The molecular weight excluding hydrogens is 284 g/mol. The van der Waals surface area contributed by atoms with Crippen LogP contribution in [0.2, 0.25) is 0 Å². The average molecular weight is 298 g/mol. The van der Waals surface area contributed by atoms with Gasteiger partial charge in [0.15, 0.2) is 0 Å². The molecule has 3 rings (SSSR count). The van der Waals surface area contributed by atoms with Gasteiger partial charge in [-0.3, -0.25) is 0 Å². The third-order valence-corrected chi connectivity index (χ3v) is 3.51. The van der Waals surface area contributed by atoms with E-state index in [2.05, 4.69) is 0 Å². The first kappa shape index (κ1) is 14.2. The molecule has 112 valence electrons. The van der Waals surface area contributed by atoms with Crippen molar-refractivity contribution in [3.8, 4) is 17.2 Å². The third-order valence-electron chi connectivity index (χ3n) is 3.51. The summed E-state index contributed by atoms with van der Waals surface area (Å²) in [5.74, 6) is -0.295. The number of carbonyl (C=O) groups is 1. The van der Waals surface area contributed by atoms with Gasteiger partial charge in [-0.15, -0.1) is 0 Å². The first-order valence-corrected chi connectivity index (χ1v) is 6.76. The number of phenols is 2. The van der Waals surface area contributed by atoms with Gasteiger partial charge in [0.1, 0.15) is 17.2 Å². The van der Waals surface area contributed by atoms with Gasteiger partial charge < -0.3 is 20.1 Å². The maximum Gasteiger partial charge on any atom is 0.336 e. The Labute approximate surface area is 126 Å². The molecule has 0 saturated carbocycles. The number of fused-ring (bicyclic) bond motifs is 1. The topological polar surface area (TPSA) is 87.0 Å². The fourth-order valence-electron chi connectivity index (χ4n) is 2.42. The Morgan fingerprint density at radius 1 is 1.00 bits per heavy atom. The maximum atomic E-state index is 12.0. The SMILES string of the molecule is O=C1C=C(c2ccc(O)cc2)[C@@H](O)Cc2ccc(O)cc2O1. The van der Waals surface area contributed by atoms with Crippen LogP contribution in [0.1, 0.15) is 11.1 Å². The zero-order chi connectivity index (χ0) is 15.7. The molecule has 1 aliphatic heterocycles. The quantitative estimate of drug-likeness (QED) is 0.554. The van der Waals surface area contributed by atoms with Gasteiger partial charge in [-0.1, -0.05) is 18.2 Å². The molecule has 0 unspecified atom stereocenters. The van der Waals surface area contributed by atoms with Gasteiger partial charge in [0, 0.05) is 18.6 Å². The van der Waals surface area contributed by atoms with E-state index in [0.717, 1.165) is 0 Å². The Morgan fingerprint density at radius 2 is 1.68 bits per heavy atom. The molecule has 1 aliphatic rings. The number of benzene rings is 2. The Kier molecular flexibility index (Phi) is 3.56. The van der Waals surface area contributed by atoms with Crippen molar-refractivity contribution >= 4 is 11.5 Å². The van der Waals surface area contributed by atoms with Crippen LogP contribution >= 0.6 is 0 Å². The van der Waals surface area contributed by atoms with Crippen molar-refractivity contribution in [3.05, 3.63) is 59.7 Å². The van der Waals surface area contributed by atoms with E-state index in [0.29, 0.717) is 16.7 Å². The molecule has 2 aromatic rings. The van der Waals surface area contributed by atoms with Crippen molar-refractivity contribution in [1.82, 2.24) is 0 Å². The number of aliphatic hydroxyl groups excluding tert-OH is 1. The molecule has 22 heavy (non-hydrogen) atoms. The van der Waals surface area contributed by atoms with Gasteiger partial charge in [-0.05, 0) is 34.9 Å². The van der Waals surface area contributed by atoms with Crippen molar-refractivity contribution in [3.63, 3.8) is 0 Å². The van der Waals surface area contributed by atoms with E-state index in [9.17, 15) is 20.1 Å². The summed E-state index contributed by atoms with van der Waals surface area (Å²) in [6.45, 7) is 0. The fourth-order valence-corrected chi connectivity index (χ4v) is 2.42. The highest BCUT2D eigenvalue weighted by atomic mass is 16.5. The molecule has 2 aromatic carbocycles. The van der Waals surface area contributed by atoms with E-state index in [1.54, 1.807) is 18.2 Å². The monoisotopic (exact) mass is 298 g/mol. The number of aliphatic hydroxyl groups is 1. The summed E-state index contributed by atoms with van der Waals surface area (Å²) < 4.78 is 5.21. The van der Waals surface area contributed by atoms with Crippen LogP contribution in [0, 0.1) is 0 Å². The van der Waals surface area contributed by atoms with Gasteiger partial charge in [0.05, 0.1) is 6.10 Å². The van der Waals surface area contributed by atoms with E-state index in [-0.39, 0.29) is 23.7 Å². The summed E-state index contributed by atoms with van der Waals surface area (Å²) in [7, 11) is 0. The van der Waals surface area contributed by atoms with Crippen molar-refractivity contribution in [2.75, 3.05) is 0 Å². The second kappa shape index (κ2) is 5.54. The maximum absolute atomic E-state index is 12.0. The summed E-state index contributed by atoms with van der Waals surface area (Å²) >= 11 is 0. The Bertz CT molecular complexity index is 746. The summed E-state index contributed by atoms with van der Waals surface area (Å²) in [6.07, 6.45) is 0.570. The lowest BCUT2D eigenvalue weighted by atomic mass is 9.94. The zero-order valence-electron chi connectivity index (χ0n) is 11.6. The van der Waals surface area contributed by atoms with Gasteiger partial charge in [0.25, 0.3) is 0 Å². The Morgan fingerprint density at radius 3 is 2.41 bits per heavy atom. The molecule has 0 radical (unpaired) electrons. The van der Waals surface area contributed by atoms with Crippen LogP contribution in [0.25, 0.3) is 5.57 Å². The number of esters is 1. The van der Waals surface area contributed by atoms with Crippen LogP contribution in [0.4, 0.5) is 0 Å². The smallest absolute Gasteiger partial charge is 0.336 e. The Balaban J connectivity index is 2.01. The number of phenolic OH excluding ortho intramolecular Hbond substituents is 2. The van der Waals surface area contributed by atoms with E-state index < -0.39 is 12.1 Å². The molecule has 0 bridgehead atoms. The summed E-state index contributed by atoms with van der Waals surface area (Å²) in [5, 5.41) is 29.2. The number of hydrogen-bond donors (Lipinski definition) is 3. The van der Waals surface area contributed by atoms with E-state index in [4.69, 9.17) is 4.74 Å². The van der Waals surface area contributed by atoms with E-state index >= 15 is 0 Å². The number of carbonyl (C=O) groups excluding carboxylic acids is 1. The highest BCUT2D eigenvalue weighted by Crippen LogP contribution is 2.31. The normalized spacial score (nSPS) is 17.8. The minimum absolute atomic E-state index is 0.00986. The number of aromatic hydroxyl groups is 2. The summed E-state index contributed by atoms with van der Waals surface area (Å²) in [4.78, 5) is 12.0. The van der Waals surface area contributed by atoms with Gasteiger partial charge in [0.2, 0.25) is 0 Å². The summed E-state index contributed by atoms with van der Waals surface area (Å²) in [6, 6.07) is 10.6. The van der Waals surface area contributed by atoms with Crippen LogP contribution in [0.5, 0.6) is 17.2 Å². The fraction of sp³-hybridized carbons (Fsp3) is 0.118. The Hall–Kier alpha value is -2.79. The van der Waals surface area contributed by atoms with Crippen molar-refractivity contribution < 1.29 is 24.9 Å². The predicted molar refractivity (Wildman–Crippen MR) is 79.5 cm³/mol. The molecule has 5 heteroatoms. The molecule has 0 saturated heterocycles. The van der Waals surface area contributed by atoms with Crippen LogP contribution in [-0.4, -0.2) is 27.4 Å². The molecule has 5 nitrogen and oxygen atoms in total. The lowest BCUT2D eigenvalue weighted by Gasteiger charge is -2.20. The largest absolute Gasteiger partial charge is 0.508 e. The van der Waals surface area contributed by atoms with Crippen LogP contribution < -0.4 is 4.74 Å². The highest BCUT2D eigenvalue weighted by Gasteiger charge is 2.22. The lowest BCUT2D eigenvalue weighted by molar-refractivity contribution is -0.129. The van der Waals surface area contributed by atoms with Crippen molar-refractivity contribution in [2.45, 2.75) is 12.5 Å². The molecule has 0 aromatic heterocycles. The first-order valence-electron chi connectivity index (χ1n) is 6.76. The van der Waals surface area contributed by atoms with Crippen molar-refractivity contribution in [1.29, 1.82) is 0 Å². The molecular formula is C17H14O5. The molecule has 1 heterocycles. The van der Waals surface area contributed by atoms with E-state index in [1.807, 2.05) is 0 Å². The zero-order valence-corrected chi connectivity index (χ0v) is 11.6. The third kappa shape index (κ3) is 2.80. The number of rotatable bonds is 1. The molecule has 0 aliphatic carbocycles. The minimum atomic E-state index is -0.902. The highest BCUT2D eigenvalue weighted by molar-refractivity contribution is 5.94. The minimum Gasteiger partial charge on any atom is -0.508 e. The van der Waals surface area contributed by atoms with Gasteiger partial charge in [-0.25, -0.2) is 4.79 Å². The molecule has 0 amide bonds. The second-order valence-electron chi connectivity index (χ2n) is 5.08. The van der Waals surface area contributed by atoms with Crippen LogP contribution in [0.15, 0.2) is 48.5 Å². The molecule has 3 N–H and O–H groups in total. The van der Waals surface area contributed by atoms with Gasteiger partial charge in [-0.2, -0.15) is 0 Å². The average Bonchev–Trinajstić information content (AvgIpc) is 2.47. The second-order valence-corrected chi connectivity index (χ2v) is 5.08. The summed E-state index contributed by atoms with van der Waals surface area (Å²) in [5.41, 5.74) is 1.68. The molecule has 1 atom stereocenters. The number of ether oxygens (including phenoxy) is 1. The van der Waals surface area contributed by atoms with Crippen LogP contribution in [0.3, 0.4) is 0 Å². The molecule has 0 spiro atoms. The number of hydrogen-bond acceptors (Lipinski definition) is 5. The van der Waals surface area contributed by atoms with Crippen LogP contribution in [-0.2, 0) is 11.2 Å². The van der Waals surface area contributed by atoms with Gasteiger partial charge >= 0.3 is 5.97 Å². The lowest BCUT2D eigenvalue weighted by Crippen LogP contribution is -2.19. The van der Waals surface area contributed by atoms with Crippen molar-refractivity contribution in [2.24, 2.45) is 0 Å². The molecule has 0 fully saturated rings. The predicted octanol–water partition coefficient (Wildman–Crippen LogP) is 2.00. The first-order chi connectivity index (χ1) is 10.5.